The number of aromatic nitrogens is 3. The van der Waals surface area contributed by atoms with Gasteiger partial charge >= 0.3 is 0 Å². The van der Waals surface area contributed by atoms with Crippen LogP contribution in [0.3, 0.4) is 0 Å². The van der Waals surface area contributed by atoms with Crippen molar-refractivity contribution in [2.75, 3.05) is 11.2 Å². The third-order valence-electron chi connectivity index (χ3n) is 4.85. The molecule has 0 aliphatic heterocycles. The maximum Gasteiger partial charge on any atom is 0.237 e. The van der Waals surface area contributed by atoms with Crippen molar-refractivity contribution in [3.63, 3.8) is 0 Å². The fraction of sp³-hybridized carbons (Fsp3) is 0.125. The largest absolute Gasteiger partial charge is 0.482 e. The van der Waals surface area contributed by atoms with Gasteiger partial charge in [-0.25, -0.2) is 9.07 Å². The zero-order chi connectivity index (χ0) is 23.2. The van der Waals surface area contributed by atoms with E-state index in [1.807, 2.05) is 54.6 Å². The molecule has 4 rings (SSSR count). The van der Waals surface area contributed by atoms with Crippen molar-refractivity contribution in [2.45, 2.75) is 23.9 Å². The second kappa shape index (κ2) is 10.2. The Balaban J connectivity index is 1.41. The molecule has 3 aromatic carbocycles. The number of hydrogen-bond acceptors (Lipinski definition) is 6. The lowest BCUT2D eigenvalue weighted by Crippen LogP contribution is -2.24. The molecule has 0 fully saturated rings. The van der Waals surface area contributed by atoms with Gasteiger partial charge in [0.25, 0.3) is 0 Å². The summed E-state index contributed by atoms with van der Waals surface area (Å²) in [6, 6.07) is 23.5. The van der Waals surface area contributed by atoms with Crippen LogP contribution in [-0.2, 0) is 11.4 Å². The lowest BCUT2D eigenvalue weighted by molar-refractivity contribution is -0.115. The number of nitrogens with one attached hydrogen (secondary N) is 1. The molecule has 9 heteroatoms. The molecule has 1 amide bonds. The number of para-hydroxylation sites is 2. The third-order valence-corrected chi connectivity index (χ3v) is 5.91. The zero-order valence-electron chi connectivity index (χ0n) is 17.8. The first kappa shape index (κ1) is 22.3. The highest BCUT2D eigenvalue weighted by Crippen LogP contribution is 2.29. The van der Waals surface area contributed by atoms with Crippen LogP contribution in [0.15, 0.2) is 84.0 Å². The van der Waals surface area contributed by atoms with Gasteiger partial charge in [0.1, 0.15) is 6.61 Å². The molecule has 0 bridgehead atoms. The normalized spacial score (nSPS) is 11.7. The summed E-state index contributed by atoms with van der Waals surface area (Å²) in [6.45, 7) is 1.70. The SMILES string of the molecule is CC(Sc1nnc(COc2ccccc2F)n1N)C(=O)Nc1ccccc1-c1ccccc1. The van der Waals surface area contributed by atoms with Gasteiger partial charge in [0.05, 0.1) is 5.25 Å². The summed E-state index contributed by atoms with van der Waals surface area (Å²) in [4.78, 5) is 12.9. The van der Waals surface area contributed by atoms with Crippen molar-refractivity contribution in [3.8, 4) is 16.9 Å². The summed E-state index contributed by atoms with van der Waals surface area (Å²) >= 11 is 1.17. The maximum absolute atomic E-state index is 13.7. The number of benzene rings is 3. The number of carbonyl (C=O) groups excluding carboxylic acids is 1. The fourth-order valence-electron chi connectivity index (χ4n) is 3.10. The van der Waals surface area contributed by atoms with Gasteiger partial charge in [-0.05, 0) is 30.7 Å². The first-order valence-electron chi connectivity index (χ1n) is 10.2. The maximum atomic E-state index is 13.7. The van der Waals surface area contributed by atoms with E-state index in [0.717, 1.165) is 11.1 Å². The Kier molecular flexibility index (Phi) is 6.89. The van der Waals surface area contributed by atoms with Gasteiger partial charge in [-0.1, -0.05) is 72.4 Å². The third kappa shape index (κ3) is 5.32. The van der Waals surface area contributed by atoms with Crippen LogP contribution in [0.4, 0.5) is 10.1 Å². The topological polar surface area (TPSA) is 95.1 Å². The Hall–Kier alpha value is -3.85. The second-order valence-electron chi connectivity index (χ2n) is 7.15. The molecule has 0 aliphatic rings. The van der Waals surface area contributed by atoms with Crippen molar-refractivity contribution in [1.82, 2.24) is 14.9 Å². The Labute approximate surface area is 194 Å². The molecule has 0 aliphatic carbocycles. The number of ether oxygens (including phenoxy) is 1. The van der Waals surface area contributed by atoms with Crippen LogP contribution in [0.25, 0.3) is 11.1 Å². The molecule has 0 saturated heterocycles. The van der Waals surface area contributed by atoms with E-state index in [-0.39, 0.29) is 18.3 Å². The number of rotatable bonds is 8. The fourth-order valence-corrected chi connectivity index (χ4v) is 3.89. The lowest BCUT2D eigenvalue weighted by atomic mass is 10.0. The zero-order valence-corrected chi connectivity index (χ0v) is 18.6. The molecule has 0 saturated carbocycles. The molecule has 7 nitrogen and oxygen atoms in total. The minimum atomic E-state index is -0.499. The second-order valence-corrected chi connectivity index (χ2v) is 8.46. The number of nitrogens with zero attached hydrogens (tertiary/aromatic N) is 3. The van der Waals surface area contributed by atoms with E-state index in [0.29, 0.717) is 16.7 Å². The van der Waals surface area contributed by atoms with E-state index < -0.39 is 11.1 Å². The van der Waals surface area contributed by atoms with Crippen molar-refractivity contribution >= 4 is 23.4 Å². The number of thioether (sulfide) groups is 1. The predicted octanol–water partition coefficient (Wildman–Crippen LogP) is 4.50. The molecule has 0 spiro atoms. The Morgan fingerprint density at radius 1 is 1.06 bits per heavy atom. The van der Waals surface area contributed by atoms with Crippen LogP contribution >= 0.6 is 11.8 Å². The van der Waals surface area contributed by atoms with Gasteiger partial charge in [0, 0.05) is 11.3 Å². The number of nitrogens with two attached hydrogens (primary N) is 1. The standard InChI is InChI=1S/C24H22FN5O2S/c1-16(23(31)27-20-13-7-5-11-18(20)17-9-3-2-4-10-17)33-24-29-28-22(30(24)26)15-32-21-14-8-6-12-19(21)25/h2-14,16H,15,26H2,1H3,(H,27,31). The van der Waals surface area contributed by atoms with Crippen molar-refractivity contribution in [3.05, 3.63) is 90.5 Å². The molecule has 0 radical (unpaired) electrons. The predicted molar refractivity (Wildman–Crippen MR) is 127 cm³/mol. The molecule has 1 unspecified atom stereocenters. The first-order valence-corrected chi connectivity index (χ1v) is 11.1. The Morgan fingerprint density at radius 3 is 2.55 bits per heavy atom. The Bertz CT molecular complexity index is 1250. The monoisotopic (exact) mass is 463 g/mol. The molecule has 4 aromatic rings. The van der Waals surface area contributed by atoms with E-state index in [1.54, 1.807) is 19.1 Å². The summed E-state index contributed by atoms with van der Waals surface area (Å²) in [7, 11) is 0. The van der Waals surface area contributed by atoms with Gasteiger partial charge in [0.15, 0.2) is 17.4 Å². The van der Waals surface area contributed by atoms with Crippen LogP contribution in [0.1, 0.15) is 12.7 Å². The Morgan fingerprint density at radius 2 is 1.76 bits per heavy atom. The van der Waals surface area contributed by atoms with Crippen molar-refractivity contribution < 1.29 is 13.9 Å². The number of halogens is 1. The lowest BCUT2D eigenvalue weighted by Gasteiger charge is -2.14. The summed E-state index contributed by atoms with van der Waals surface area (Å²) < 4.78 is 20.4. The van der Waals surface area contributed by atoms with Crippen LogP contribution in [-0.4, -0.2) is 26.0 Å². The minimum absolute atomic E-state index is 0.0595. The van der Waals surface area contributed by atoms with Gasteiger partial charge in [-0.3, -0.25) is 4.79 Å². The highest BCUT2D eigenvalue weighted by atomic mass is 32.2. The van der Waals surface area contributed by atoms with E-state index in [9.17, 15) is 9.18 Å². The highest BCUT2D eigenvalue weighted by Gasteiger charge is 2.21. The summed E-state index contributed by atoms with van der Waals surface area (Å²) in [5.41, 5.74) is 2.66. The average molecular weight is 464 g/mol. The van der Waals surface area contributed by atoms with Crippen LogP contribution in [0, 0.1) is 5.82 Å². The summed E-state index contributed by atoms with van der Waals surface area (Å²) in [5.74, 6) is 5.80. The molecular formula is C24H22FN5O2S. The number of carbonyl (C=O) groups is 1. The van der Waals surface area contributed by atoms with Crippen LogP contribution in [0.5, 0.6) is 5.75 Å². The van der Waals surface area contributed by atoms with Gasteiger partial charge in [0.2, 0.25) is 11.1 Å². The van der Waals surface area contributed by atoms with E-state index in [1.165, 1.54) is 28.6 Å². The van der Waals surface area contributed by atoms with Gasteiger partial charge < -0.3 is 15.9 Å². The van der Waals surface area contributed by atoms with Crippen molar-refractivity contribution in [1.29, 1.82) is 0 Å². The van der Waals surface area contributed by atoms with E-state index in [4.69, 9.17) is 10.6 Å². The number of anilines is 1. The number of amides is 1. The van der Waals surface area contributed by atoms with E-state index >= 15 is 0 Å². The number of hydrogen-bond donors (Lipinski definition) is 2. The minimum Gasteiger partial charge on any atom is -0.482 e. The smallest absolute Gasteiger partial charge is 0.237 e. The summed E-state index contributed by atoms with van der Waals surface area (Å²) in [5, 5.41) is 10.9. The van der Waals surface area contributed by atoms with Crippen molar-refractivity contribution in [2.24, 2.45) is 0 Å². The van der Waals surface area contributed by atoms with E-state index in [2.05, 4.69) is 15.5 Å². The quantitative estimate of drug-likeness (QED) is 0.295. The van der Waals surface area contributed by atoms with Crippen LogP contribution in [0.2, 0.25) is 0 Å². The van der Waals surface area contributed by atoms with Crippen LogP contribution < -0.4 is 15.9 Å². The molecule has 1 heterocycles. The highest BCUT2D eigenvalue weighted by molar-refractivity contribution is 8.00. The first-order chi connectivity index (χ1) is 16.0. The molecular weight excluding hydrogens is 441 g/mol. The average Bonchev–Trinajstić information content (AvgIpc) is 3.18. The molecule has 1 atom stereocenters. The molecule has 3 N–H and O–H groups in total. The number of nitrogen functional groups attached to an aromatic ring is 1. The summed E-state index contributed by atoms with van der Waals surface area (Å²) in [6.07, 6.45) is 0. The molecule has 168 valence electrons. The van der Waals surface area contributed by atoms with Gasteiger partial charge in [-0.2, -0.15) is 0 Å². The molecule has 33 heavy (non-hydrogen) atoms. The molecule has 1 aromatic heterocycles. The van der Waals surface area contributed by atoms with Gasteiger partial charge in [-0.15, -0.1) is 10.2 Å².